The fourth-order valence-corrected chi connectivity index (χ4v) is 4.84. The first-order chi connectivity index (χ1) is 14.8. The lowest BCUT2D eigenvalue weighted by Crippen LogP contribution is -2.52. The van der Waals surface area contributed by atoms with Gasteiger partial charge in [-0.25, -0.2) is 0 Å². The van der Waals surface area contributed by atoms with Crippen LogP contribution in [-0.2, 0) is 11.2 Å². The average Bonchev–Trinajstić information content (AvgIpc) is 2.75. The zero-order chi connectivity index (χ0) is 21.8. The highest BCUT2D eigenvalue weighted by molar-refractivity contribution is 6.01. The number of benzene rings is 2. The highest BCUT2D eigenvalue weighted by Crippen LogP contribution is 2.40. The van der Waals surface area contributed by atoms with Crippen LogP contribution in [0.15, 0.2) is 30.3 Å². The first-order valence-electron chi connectivity index (χ1n) is 10.9. The second-order valence-corrected chi connectivity index (χ2v) is 9.03. The first kappa shape index (κ1) is 19.8. The first-order valence-corrected chi connectivity index (χ1v) is 10.9. The molecule has 5 rings (SSSR count). The summed E-state index contributed by atoms with van der Waals surface area (Å²) in [7, 11) is 0. The van der Waals surface area contributed by atoms with Gasteiger partial charge in [0.15, 0.2) is 5.78 Å². The van der Waals surface area contributed by atoms with E-state index < -0.39 is 5.60 Å². The number of carbonyl (C=O) groups excluding carboxylic acids is 3. The van der Waals surface area contributed by atoms with Crippen LogP contribution in [0.5, 0.6) is 5.75 Å². The van der Waals surface area contributed by atoms with Crippen LogP contribution in [0.2, 0.25) is 0 Å². The molecule has 31 heavy (non-hydrogen) atoms. The van der Waals surface area contributed by atoms with Crippen molar-refractivity contribution in [1.29, 1.82) is 0 Å². The fraction of sp³-hybridized carbons (Fsp3) is 0.400. The summed E-state index contributed by atoms with van der Waals surface area (Å²) in [5.41, 5.74) is 4.79. The summed E-state index contributed by atoms with van der Waals surface area (Å²) in [4.78, 5) is 39.3. The molecule has 1 N–H and O–H groups in total. The molecule has 2 aromatic rings. The molecule has 1 spiro atoms. The van der Waals surface area contributed by atoms with Crippen molar-refractivity contribution in [1.82, 2.24) is 4.90 Å². The van der Waals surface area contributed by atoms with Crippen molar-refractivity contribution >= 4 is 23.3 Å². The van der Waals surface area contributed by atoms with Gasteiger partial charge in [-0.15, -0.1) is 0 Å². The van der Waals surface area contributed by atoms with E-state index in [1.54, 1.807) is 6.07 Å². The molecule has 6 nitrogen and oxygen atoms in total. The van der Waals surface area contributed by atoms with Crippen LogP contribution in [0.4, 0.5) is 5.69 Å². The lowest BCUT2D eigenvalue weighted by Gasteiger charge is -2.44. The number of carbonyl (C=O) groups is 3. The SMILES string of the molecule is Cc1cc2c(cc1C)C(=O)CC1(CCN(C(=O)c3ccc4c(c3)CCC(=O)N4)CC1)O2. The van der Waals surface area contributed by atoms with Crippen LogP contribution in [0.25, 0.3) is 0 Å². The van der Waals surface area contributed by atoms with E-state index in [1.807, 2.05) is 43.0 Å². The number of fused-ring (bicyclic) bond motifs is 2. The normalized spacial score (nSPS) is 19.4. The van der Waals surface area contributed by atoms with E-state index >= 15 is 0 Å². The summed E-state index contributed by atoms with van der Waals surface area (Å²) >= 11 is 0. The van der Waals surface area contributed by atoms with E-state index in [9.17, 15) is 14.4 Å². The molecule has 0 atom stereocenters. The van der Waals surface area contributed by atoms with Gasteiger partial charge in [-0.3, -0.25) is 14.4 Å². The lowest BCUT2D eigenvalue weighted by atomic mass is 9.81. The molecule has 2 aromatic carbocycles. The molecule has 0 saturated carbocycles. The standard InChI is InChI=1S/C25H26N2O4/c1-15-11-19-21(28)14-25(31-22(19)12-16(15)2)7-9-27(10-8-25)24(30)18-3-5-20-17(13-18)4-6-23(29)26-20/h3,5,11-13H,4,6-10,14H2,1-2H3,(H,26,29). The van der Waals surface area contributed by atoms with Crippen molar-refractivity contribution in [3.05, 3.63) is 58.1 Å². The number of Topliss-reactive ketones (excluding diaryl/α,β-unsaturated/α-hetero) is 1. The van der Waals surface area contributed by atoms with E-state index in [2.05, 4.69) is 5.32 Å². The summed E-state index contributed by atoms with van der Waals surface area (Å²) in [6.07, 6.45) is 2.74. The summed E-state index contributed by atoms with van der Waals surface area (Å²) < 4.78 is 6.39. The number of rotatable bonds is 1. The van der Waals surface area contributed by atoms with Crippen molar-refractivity contribution in [3.8, 4) is 5.75 Å². The Morgan fingerprint density at radius 3 is 2.55 bits per heavy atom. The van der Waals surface area contributed by atoms with Crippen LogP contribution in [-0.4, -0.2) is 41.2 Å². The predicted molar refractivity (Wildman–Crippen MR) is 117 cm³/mol. The topological polar surface area (TPSA) is 75.7 Å². The summed E-state index contributed by atoms with van der Waals surface area (Å²) in [6.45, 7) is 5.14. The molecule has 3 aliphatic heterocycles. The van der Waals surface area contributed by atoms with Gasteiger partial charge in [0.05, 0.1) is 12.0 Å². The molecule has 3 heterocycles. The van der Waals surface area contributed by atoms with Gasteiger partial charge in [-0.05, 0) is 67.3 Å². The van der Waals surface area contributed by atoms with Gasteiger partial charge in [0.2, 0.25) is 5.91 Å². The van der Waals surface area contributed by atoms with Gasteiger partial charge < -0.3 is 15.0 Å². The Morgan fingerprint density at radius 2 is 1.77 bits per heavy atom. The highest BCUT2D eigenvalue weighted by Gasteiger charge is 2.44. The Hall–Kier alpha value is -3.15. The molecule has 160 valence electrons. The average molecular weight is 418 g/mol. The zero-order valence-corrected chi connectivity index (χ0v) is 17.9. The number of ketones is 1. The summed E-state index contributed by atoms with van der Waals surface area (Å²) in [6, 6.07) is 9.38. The zero-order valence-electron chi connectivity index (χ0n) is 17.9. The van der Waals surface area contributed by atoms with Crippen molar-refractivity contribution < 1.29 is 19.1 Å². The van der Waals surface area contributed by atoms with Gasteiger partial charge in [0.1, 0.15) is 11.4 Å². The third kappa shape index (κ3) is 3.50. The smallest absolute Gasteiger partial charge is 0.253 e. The Labute approximate surface area is 181 Å². The predicted octanol–water partition coefficient (Wildman–Crippen LogP) is 3.83. The minimum absolute atomic E-state index is 0.0106. The molecule has 1 saturated heterocycles. The third-order valence-electron chi connectivity index (χ3n) is 6.92. The number of nitrogens with one attached hydrogen (secondary N) is 1. The van der Waals surface area contributed by atoms with E-state index in [1.165, 1.54) is 0 Å². The Bertz CT molecular complexity index is 1110. The second kappa shape index (κ2) is 7.22. The monoisotopic (exact) mass is 418 g/mol. The van der Waals surface area contributed by atoms with Crippen molar-refractivity contribution in [2.45, 2.75) is 51.6 Å². The van der Waals surface area contributed by atoms with Crippen LogP contribution in [0, 0.1) is 13.8 Å². The number of hydrogen-bond acceptors (Lipinski definition) is 4. The van der Waals surface area contributed by atoms with Crippen molar-refractivity contribution in [2.24, 2.45) is 0 Å². The Morgan fingerprint density at radius 1 is 1.03 bits per heavy atom. The van der Waals surface area contributed by atoms with E-state index in [-0.39, 0.29) is 17.6 Å². The van der Waals surface area contributed by atoms with Gasteiger partial charge in [-0.2, -0.15) is 0 Å². The number of aryl methyl sites for hydroxylation is 3. The number of piperidine rings is 1. The molecule has 0 bridgehead atoms. The summed E-state index contributed by atoms with van der Waals surface area (Å²) in [5, 5.41) is 2.85. The second-order valence-electron chi connectivity index (χ2n) is 9.03. The van der Waals surface area contributed by atoms with Crippen LogP contribution < -0.4 is 10.1 Å². The van der Waals surface area contributed by atoms with Gasteiger partial charge >= 0.3 is 0 Å². The van der Waals surface area contributed by atoms with Crippen LogP contribution in [0.1, 0.15) is 63.1 Å². The molecular weight excluding hydrogens is 392 g/mol. The Kier molecular flexibility index (Phi) is 4.61. The number of amides is 2. The largest absolute Gasteiger partial charge is 0.486 e. The number of ether oxygens (including phenoxy) is 1. The van der Waals surface area contributed by atoms with Gasteiger partial charge in [0, 0.05) is 43.6 Å². The lowest BCUT2D eigenvalue weighted by molar-refractivity contribution is -0.116. The summed E-state index contributed by atoms with van der Waals surface area (Å²) in [5.74, 6) is 0.808. The van der Waals surface area contributed by atoms with Crippen LogP contribution >= 0.6 is 0 Å². The maximum absolute atomic E-state index is 13.1. The number of hydrogen-bond donors (Lipinski definition) is 1. The number of anilines is 1. The fourth-order valence-electron chi connectivity index (χ4n) is 4.84. The molecule has 2 amide bonds. The van der Waals surface area contributed by atoms with Crippen molar-refractivity contribution in [2.75, 3.05) is 18.4 Å². The maximum Gasteiger partial charge on any atom is 0.253 e. The number of likely N-dealkylation sites (tertiary alicyclic amines) is 1. The van der Waals surface area contributed by atoms with E-state index in [4.69, 9.17) is 4.74 Å². The molecular formula is C25H26N2O4. The van der Waals surface area contributed by atoms with Crippen LogP contribution in [0.3, 0.4) is 0 Å². The molecule has 0 unspecified atom stereocenters. The molecule has 0 aliphatic carbocycles. The van der Waals surface area contributed by atoms with Crippen molar-refractivity contribution in [3.63, 3.8) is 0 Å². The van der Waals surface area contributed by atoms with E-state index in [0.717, 1.165) is 22.4 Å². The molecule has 0 radical (unpaired) electrons. The van der Waals surface area contributed by atoms with Gasteiger partial charge in [0.25, 0.3) is 5.91 Å². The molecule has 1 fully saturated rings. The third-order valence-corrected chi connectivity index (χ3v) is 6.92. The quantitative estimate of drug-likeness (QED) is 0.764. The number of nitrogens with zero attached hydrogens (tertiary/aromatic N) is 1. The Balaban J connectivity index is 1.30. The minimum Gasteiger partial charge on any atom is -0.486 e. The highest BCUT2D eigenvalue weighted by atomic mass is 16.5. The van der Waals surface area contributed by atoms with E-state index in [0.29, 0.717) is 62.1 Å². The minimum atomic E-state index is -0.525. The molecule has 3 aliphatic rings. The van der Waals surface area contributed by atoms with Gasteiger partial charge in [-0.1, -0.05) is 0 Å². The maximum atomic E-state index is 13.1. The molecule has 6 heteroatoms. The molecule has 0 aromatic heterocycles.